The largest absolute Gasteiger partial charge is 0.487 e. The minimum Gasteiger partial charge on any atom is -0.487 e. The number of hydrogen-bond donors (Lipinski definition) is 0. The normalized spacial score (nSPS) is 10.3. The van der Waals surface area contributed by atoms with E-state index in [4.69, 9.17) is 4.74 Å². The third-order valence-electron chi connectivity index (χ3n) is 2.15. The number of benzene rings is 1. The molecule has 0 radical (unpaired) electrons. The van der Waals surface area contributed by atoms with E-state index in [0.29, 0.717) is 6.61 Å². The Morgan fingerprint density at radius 3 is 2.87 bits per heavy atom. The average Bonchev–Trinajstić information content (AvgIpc) is 2.62. The van der Waals surface area contributed by atoms with Crippen molar-refractivity contribution in [3.63, 3.8) is 0 Å². The molecule has 0 saturated heterocycles. The fraction of sp³-hybridized carbons (Fsp3) is 0.250. The van der Waals surface area contributed by atoms with E-state index >= 15 is 0 Å². The van der Waals surface area contributed by atoms with E-state index in [1.165, 1.54) is 5.56 Å². The number of rotatable bonds is 3. The van der Waals surface area contributed by atoms with Gasteiger partial charge in [-0.25, -0.2) is 0 Å². The Hall–Kier alpha value is -1.77. The van der Waals surface area contributed by atoms with Gasteiger partial charge in [-0.3, -0.25) is 4.68 Å². The zero-order valence-corrected chi connectivity index (χ0v) is 8.97. The maximum Gasteiger partial charge on any atom is 0.132 e. The van der Waals surface area contributed by atoms with E-state index in [1.807, 2.05) is 50.5 Å². The van der Waals surface area contributed by atoms with Crippen LogP contribution in [-0.2, 0) is 13.7 Å². The summed E-state index contributed by atoms with van der Waals surface area (Å²) in [5.74, 6) is 0.889. The van der Waals surface area contributed by atoms with Crippen molar-refractivity contribution in [2.75, 3.05) is 0 Å². The van der Waals surface area contributed by atoms with Gasteiger partial charge in [0, 0.05) is 13.2 Å². The Kier molecular flexibility index (Phi) is 2.72. The molecule has 3 nitrogen and oxygen atoms in total. The van der Waals surface area contributed by atoms with Crippen LogP contribution in [0, 0.1) is 6.92 Å². The Bertz CT molecular complexity index is 448. The van der Waals surface area contributed by atoms with E-state index in [-0.39, 0.29) is 0 Å². The van der Waals surface area contributed by atoms with Crippen molar-refractivity contribution in [1.29, 1.82) is 0 Å². The van der Waals surface area contributed by atoms with Crippen LogP contribution in [-0.4, -0.2) is 9.78 Å². The number of aromatic nitrogens is 2. The van der Waals surface area contributed by atoms with Crippen molar-refractivity contribution in [3.05, 3.63) is 47.8 Å². The van der Waals surface area contributed by atoms with Crippen LogP contribution in [0.2, 0.25) is 0 Å². The van der Waals surface area contributed by atoms with Gasteiger partial charge in [0.05, 0.1) is 5.69 Å². The third-order valence-corrected chi connectivity index (χ3v) is 2.15. The van der Waals surface area contributed by atoms with Crippen molar-refractivity contribution in [3.8, 4) is 5.75 Å². The molecule has 0 amide bonds. The van der Waals surface area contributed by atoms with E-state index < -0.39 is 0 Å². The monoisotopic (exact) mass is 202 g/mol. The first-order valence-corrected chi connectivity index (χ1v) is 4.92. The first-order chi connectivity index (χ1) is 7.24. The van der Waals surface area contributed by atoms with Crippen molar-refractivity contribution in [1.82, 2.24) is 9.78 Å². The lowest BCUT2D eigenvalue weighted by atomic mass is 10.2. The van der Waals surface area contributed by atoms with Crippen LogP contribution < -0.4 is 4.74 Å². The smallest absolute Gasteiger partial charge is 0.132 e. The Balaban J connectivity index is 1.99. The number of hydrogen-bond acceptors (Lipinski definition) is 2. The maximum atomic E-state index is 5.61. The molecule has 2 aromatic rings. The summed E-state index contributed by atoms with van der Waals surface area (Å²) in [4.78, 5) is 0. The predicted octanol–water partition coefficient (Wildman–Crippen LogP) is 2.31. The van der Waals surface area contributed by atoms with Crippen molar-refractivity contribution >= 4 is 0 Å². The molecule has 0 fully saturated rings. The fourth-order valence-corrected chi connectivity index (χ4v) is 1.40. The Labute approximate surface area is 89.3 Å². The molecule has 1 heterocycles. The van der Waals surface area contributed by atoms with Crippen LogP contribution >= 0.6 is 0 Å². The van der Waals surface area contributed by atoms with Gasteiger partial charge in [0.1, 0.15) is 12.4 Å². The quantitative estimate of drug-likeness (QED) is 0.763. The summed E-state index contributed by atoms with van der Waals surface area (Å²) in [6.45, 7) is 2.57. The molecule has 0 aliphatic heterocycles. The van der Waals surface area contributed by atoms with Gasteiger partial charge in [0.25, 0.3) is 0 Å². The predicted molar refractivity (Wildman–Crippen MR) is 58.7 cm³/mol. The molecule has 0 spiro atoms. The summed E-state index contributed by atoms with van der Waals surface area (Å²) in [6.07, 6.45) is 1.91. The van der Waals surface area contributed by atoms with Gasteiger partial charge in [-0.15, -0.1) is 0 Å². The summed E-state index contributed by atoms with van der Waals surface area (Å²) >= 11 is 0. The molecule has 0 aliphatic rings. The van der Waals surface area contributed by atoms with Gasteiger partial charge in [0.2, 0.25) is 0 Å². The second-order valence-corrected chi connectivity index (χ2v) is 3.59. The molecule has 3 heteroatoms. The zero-order valence-electron chi connectivity index (χ0n) is 8.97. The molecule has 0 N–H and O–H groups in total. The van der Waals surface area contributed by atoms with Crippen LogP contribution in [0.15, 0.2) is 36.5 Å². The molecule has 1 aromatic heterocycles. The maximum absolute atomic E-state index is 5.61. The van der Waals surface area contributed by atoms with Crippen LogP contribution in [0.5, 0.6) is 5.75 Å². The Morgan fingerprint density at radius 1 is 1.33 bits per heavy atom. The fourth-order valence-electron chi connectivity index (χ4n) is 1.40. The van der Waals surface area contributed by atoms with Gasteiger partial charge in [-0.1, -0.05) is 12.1 Å². The first-order valence-electron chi connectivity index (χ1n) is 4.92. The molecule has 2 rings (SSSR count). The topological polar surface area (TPSA) is 27.1 Å². The molecule has 0 bridgehead atoms. The lowest BCUT2D eigenvalue weighted by molar-refractivity contribution is 0.300. The minimum absolute atomic E-state index is 0.518. The molecule has 78 valence electrons. The first kappa shape index (κ1) is 9.77. The van der Waals surface area contributed by atoms with E-state index in [1.54, 1.807) is 4.68 Å². The molecule has 0 saturated carbocycles. The highest BCUT2D eigenvalue weighted by molar-refractivity contribution is 5.27. The SMILES string of the molecule is Cc1cccc(OCc2ccn(C)n2)c1. The lowest BCUT2D eigenvalue weighted by Gasteiger charge is -2.04. The molecular formula is C12H14N2O. The summed E-state index contributed by atoms with van der Waals surface area (Å²) in [6, 6.07) is 9.96. The molecule has 0 atom stereocenters. The standard InChI is InChI=1S/C12H14N2O/c1-10-4-3-5-12(8-10)15-9-11-6-7-14(2)13-11/h3-8H,9H2,1-2H3. The van der Waals surface area contributed by atoms with Crippen LogP contribution in [0.25, 0.3) is 0 Å². The highest BCUT2D eigenvalue weighted by atomic mass is 16.5. The van der Waals surface area contributed by atoms with Crippen molar-refractivity contribution in [2.24, 2.45) is 7.05 Å². The van der Waals surface area contributed by atoms with Gasteiger partial charge >= 0.3 is 0 Å². The molecule has 0 aliphatic carbocycles. The van der Waals surface area contributed by atoms with Gasteiger partial charge < -0.3 is 4.74 Å². The van der Waals surface area contributed by atoms with Crippen molar-refractivity contribution in [2.45, 2.75) is 13.5 Å². The third kappa shape index (κ3) is 2.59. The van der Waals surface area contributed by atoms with Crippen molar-refractivity contribution < 1.29 is 4.74 Å². The zero-order chi connectivity index (χ0) is 10.7. The Morgan fingerprint density at radius 2 is 2.20 bits per heavy atom. The van der Waals surface area contributed by atoms with Crippen LogP contribution in [0.4, 0.5) is 0 Å². The van der Waals surface area contributed by atoms with Gasteiger partial charge in [-0.05, 0) is 30.7 Å². The highest BCUT2D eigenvalue weighted by Crippen LogP contribution is 2.13. The number of ether oxygens (including phenoxy) is 1. The molecule has 0 unspecified atom stereocenters. The highest BCUT2D eigenvalue weighted by Gasteiger charge is 1.98. The number of aryl methyl sites for hydroxylation is 2. The summed E-state index contributed by atoms with van der Waals surface area (Å²) < 4.78 is 7.38. The summed E-state index contributed by atoms with van der Waals surface area (Å²) in [5, 5.41) is 4.24. The molecular weight excluding hydrogens is 188 g/mol. The van der Waals surface area contributed by atoms with E-state index in [9.17, 15) is 0 Å². The second kappa shape index (κ2) is 4.17. The lowest BCUT2D eigenvalue weighted by Crippen LogP contribution is -1.97. The van der Waals surface area contributed by atoms with Gasteiger partial charge in [-0.2, -0.15) is 5.10 Å². The van der Waals surface area contributed by atoms with E-state index in [2.05, 4.69) is 5.10 Å². The summed E-state index contributed by atoms with van der Waals surface area (Å²) in [7, 11) is 1.90. The summed E-state index contributed by atoms with van der Waals surface area (Å²) in [5.41, 5.74) is 2.15. The number of nitrogens with zero attached hydrogens (tertiary/aromatic N) is 2. The second-order valence-electron chi connectivity index (χ2n) is 3.59. The van der Waals surface area contributed by atoms with E-state index in [0.717, 1.165) is 11.4 Å². The molecule has 1 aromatic carbocycles. The van der Waals surface area contributed by atoms with Gasteiger partial charge in [0.15, 0.2) is 0 Å². The molecule has 15 heavy (non-hydrogen) atoms. The van der Waals surface area contributed by atoms with Crippen LogP contribution in [0.3, 0.4) is 0 Å². The average molecular weight is 202 g/mol. The minimum atomic E-state index is 0.518. The van der Waals surface area contributed by atoms with Crippen LogP contribution in [0.1, 0.15) is 11.3 Å².